The van der Waals surface area contributed by atoms with Gasteiger partial charge in [-0.25, -0.2) is 0 Å². The first-order valence-corrected chi connectivity index (χ1v) is 7.97. The van der Waals surface area contributed by atoms with Crippen molar-refractivity contribution < 1.29 is 9.72 Å². The number of hydrogen-bond acceptors (Lipinski definition) is 4. The Morgan fingerprint density at radius 1 is 1.08 bits per heavy atom. The van der Waals surface area contributed by atoms with E-state index >= 15 is 0 Å². The van der Waals surface area contributed by atoms with Crippen LogP contribution in [0.25, 0.3) is 0 Å². The van der Waals surface area contributed by atoms with Gasteiger partial charge < -0.3 is 10.2 Å². The summed E-state index contributed by atoms with van der Waals surface area (Å²) in [4.78, 5) is 24.8. The first-order chi connectivity index (χ1) is 11.6. The van der Waals surface area contributed by atoms with Gasteiger partial charge in [-0.3, -0.25) is 14.9 Å². The van der Waals surface area contributed by atoms with Gasteiger partial charge in [0, 0.05) is 31.4 Å². The average molecular weight is 341 g/mol. The second kappa shape index (κ2) is 6.93. The van der Waals surface area contributed by atoms with E-state index in [0.29, 0.717) is 11.4 Å². The number of benzene rings is 2. The molecule has 0 unspecified atom stereocenters. The predicted molar refractivity (Wildman–Crippen MR) is 101 cm³/mol. The molecule has 1 N–H and O–H groups in total. The molecule has 0 fully saturated rings. The van der Waals surface area contributed by atoms with Gasteiger partial charge in [-0.2, -0.15) is 0 Å². The summed E-state index contributed by atoms with van der Waals surface area (Å²) in [6.45, 7) is 6.35. The van der Waals surface area contributed by atoms with Gasteiger partial charge in [0.05, 0.1) is 4.92 Å². The van der Waals surface area contributed by atoms with Crippen molar-refractivity contribution in [2.45, 2.75) is 26.2 Å². The van der Waals surface area contributed by atoms with Gasteiger partial charge in [-0.1, -0.05) is 32.9 Å². The molecule has 132 valence electrons. The SMILES string of the molecule is CN(C)c1ccc(C(=O)Nc2ccc(C(C)(C)C)cc2)cc1[N+](=O)[O-]. The minimum absolute atomic E-state index is 0.0329. The van der Waals surface area contributed by atoms with E-state index in [9.17, 15) is 14.9 Å². The lowest BCUT2D eigenvalue weighted by Crippen LogP contribution is -2.15. The first-order valence-electron chi connectivity index (χ1n) is 7.97. The lowest BCUT2D eigenvalue weighted by Gasteiger charge is -2.19. The van der Waals surface area contributed by atoms with Gasteiger partial charge in [0.25, 0.3) is 11.6 Å². The highest BCUT2D eigenvalue weighted by Gasteiger charge is 2.19. The Labute approximate surface area is 147 Å². The first kappa shape index (κ1) is 18.4. The van der Waals surface area contributed by atoms with Crippen LogP contribution in [-0.2, 0) is 5.41 Å². The number of carbonyl (C=O) groups is 1. The molecule has 0 aromatic heterocycles. The second-order valence-corrected chi connectivity index (χ2v) is 7.14. The molecule has 25 heavy (non-hydrogen) atoms. The normalized spacial score (nSPS) is 11.1. The third kappa shape index (κ3) is 4.35. The topological polar surface area (TPSA) is 75.5 Å². The number of hydrogen-bond donors (Lipinski definition) is 1. The molecule has 0 radical (unpaired) electrons. The van der Waals surface area contributed by atoms with E-state index in [0.717, 1.165) is 5.56 Å². The van der Waals surface area contributed by atoms with Gasteiger partial charge in [0.1, 0.15) is 5.69 Å². The second-order valence-electron chi connectivity index (χ2n) is 7.14. The van der Waals surface area contributed by atoms with Gasteiger partial charge in [0.15, 0.2) is 0 Å². The summed E-state index contributed by atoms with van der Waals surface area (Å²) in [5.41, 5.74) is 2.45. The van der Waals surface area contributed by atoms with Crippen molar-refractivity contribution in [1.29, 1.82) is 0 Å². The molecule has 0 aliphatic rings. The molecule has 0 aliphatic carbocycles. The van der Waals surface area contributed by atoms with Gasteiger partial charge in [-0.05, 0) is 35.2 Å². The Kier molecular flexibility index (Phi) is 5.11. The van der Waals surface area contributed by atoms with Gasteiger partial charge >= 0.3 is 0 Å². The predicted octanol–water partition coefficient (Wildman–Crippen LogP) is 4.21. The number of carbonyl (C=O) groups excluding carboxylic acids is 1. The van der Waals surface area contributed by atoms with Crippen molar-refractivity contribution in [3.05, 3.63) is 63.7 Å². The quantitative estimate of drug-likeness (QED) is 0.667. The third-order valence-electron chi connectivity index (χ3n) is 3.92. The molecule has 0 saturated carbocycles. The Morgan fingerprint density at radius 2 is 1.68 bits per heavy atom. The maximum atomic E-state index is 12.4. The van der Waals surface area contributed by atoms with Crippen molar-refractivity contribution >= 4 is 23.0 Å². The van der Waals surface area contributed by atoms with Crippen LogP contribution in [0, 0.1) is 10.1 Å². The summed E-state index contributed by atoms with van der Waals surface area (Å²) in [6, 6.07) is 12.1. The van der Waals surface area contributed by atoms with E-state index < -0.39 is 4.92 Å². The number of nitro benzene ring substituents is 1. The van der Waals surface area contributed by atoms with Crippen LogP contribution in [-0.4, -0.2) is 24.9 Å². The Bertz CT molecular complexity index is 791. The van der Waals surface area contributed by atoms with Crippen molar-refractivity contribution in [3.63, 3.8) is 0 Å². The summed E-state index contributed by atoms with van der Waals surface area (Å²) < 4.78 is 0. The largest absolute Gasteiger partial charge is 0.372 e. The summed E-state index contributed by atoms with van der Waals surface area (Å²) >= 11 is 0. The van der Waals surface area contributed by atoms with Crippen molar-refractivity contribution in [2.24, 2.45) is 0 Å². The minimum atomic E-state index is -0.482. The minimum Gasteiger partial charge on any atom is -0.372 e. The van der Waals surface area contributed by atoms with Crippen LogP contribution in [0.3, 0.4) is 0 Å². The molecule has 6 heteroatoms. The molecule has 0 spiro atoms. The van der Waals surface area contributed by atoms with Crippen LogP contribution < -0.4 is 10.2 Å². The molecule has 0 saturated heterocycles. The summed E-state index contributed by atoms with van der Waals surface area (Å²) in [5, 5.41) is 14.0. The molecule has 6 nitrogen and oxygen atoms in total. The molecular weight excluding hydrogens is 318 g/mol. The van der Waals surface area contributed by atoms with Gasteiger partial charge in [0.2, 0.25) is 0 Å². The fraction of sp³-hybridized carbons (Fsp3) is 0.316. The van der Waals surface area contributed by atoms with E-state index in [2.05, 4.69) is 26.1 Å². The zero-order valence-corrected chi connectivity index (χ0v) is 15.2. The van der Waals surface area contributed by atoms with Crippen LogP contribution in [0.1, 0.15) is 36.7 Å². The molecule has 0 heterocycles. The number of amides is 1. The van der Waals surface area contributed by atoms with E-state index in [1.807, 2.05) is 24.3 Å². The summed E-state index contributed by atoms with van der Waals surface area (Å²) in [5.74, 6) is -0.378. The zero-order chi connectivity index (χ0) is 18.8. The molecule has 1 amide bonds. The van der Waals surface area contributed by atoms with Gasteiger partial charge in [-0.15, -0.1) is 0 Å². The molecular formula is C19H23N3O3. The van der Waals surface area contributed by atoms with Crippen LogP contribution in [0.15, 0.2) is 42.5 Å². The fourth-order valence-corrected chi connectivity index (χ4v) is 2.45. The third-order valence-corrected chi connectivity index (χ3v) is 3.92. The molecule has 2 rings (SSSR count). The summed E-state index contributed by atoms with van der Waals surface area (Å²) in [7, 11) is 3.44. The maximum absolute atomic E-state index is 12.4. The number of anilines is 2. The number of rotatable bonds is 4. The van der Waals surface area contributed by atoms with E-state index in [4.69, 9.17) is 0 Å². The molecule has 2 aromatic carbocycles. The Balaban J connectivity index is 2.24. The van der Waals surface area contributed by atoms with Crippen LogP contribution in [0.5, 0.6) is 0 Å². The van der Waals surface area contributed by atoms with Crippen molar-refractivity contribution in [1.82, 2.24) is 0 Å². The number of nitrogens with zero attached hydrogens (tertiary/aromatic N) is 2. The Hall–Kier alpha value is -2.89. The molecule has 2 aromatic rings. The smallest absolute Gasteiger partial charge is 0.293 e. The highest BCUT2D eigenvalue weighted by molar-refractivity contribution is 6.05. The molecule has 0 bridgehead atoms. The molecule has 0 aliphatic heterocycles. The van der Waals surface area contributed by atoms with Crippen LogP contribution in [0.4, 0.5) is 17.1 Å². The highest BCUT2D eigenvalue weighted by Crippen LogP contribution is 2.28. The van der Waals surface area contributed by atoms with E-state index in [-0.39, 0.29) is 22.6 Å². The van der Waals surface area contributed by atoms with Crippen molar-refractivity contribution in [2.75, 3.05) is 24.3 Å². The number of nitrogens with one attached hydrogen (secondary N) is 1. The van der Waals surface area contributed by atoms with Crippen LogP contribution in [0.2, 0.25) is 0 Å². The summed E-state index contributed by atoms with van der Waals surface area (Å²) in [6.07, 6.45) is 0. The lowest BCUT2D eigenvalue weighted by atomic mass is 9.87. The van der Waals surface area contributed by atoms with Crippen molar-refractivity contribution in [3.8, 4) is 0 Å². The zero-order valence-electron chi connectivity index (χ0n) is 15.2. The van der Waals surface area contributed by atoms with E-state index in [1.165, 1.54) is 6.07 Å². The fourth-order valence-electron chi connectivity index (χ4n) is 2.45. The highest BCUT2D eigenvalue weighted by atomic mass is 16.6. The monoisotopic (exact) mass is 341 g/mol. The average Bonchev–Trinajstić information content (AvgIpc) is 2.53. The number of nitro groups is 1. The van der Waals surface area contributed by atoms with Crippen LogP contribution >= 0.6 is 0 Å². The van der Waals surface area contributed by atoms with E-state index in [1.54, 1.807) is 31.1 Å². The molecule has 0 atom stereocenters. The standard InChI is InChI=1S/C19H23N3O3/c1-19(2,3)14-7-9-15(10-8-14)20-18(23)13-6-11-16(21(4)5)17(12-13)22(24)25/h6-12H,1-5H3,(H,20,23). The maximum Gasteiger partial charge on any atom is 0.293 e. The lowest BCUT2D eigenvalue weighted by molar-refractivity contribution is -0.384. The Morgan fingerprint density at radius 3 is 2.16 bits per heavy atom.